The lowest BCUT2D eigenvalue weighted by Gasteiger charge is -2.11. The fourth-order valence-electron chi connectivity index (χ4n) is 2.96. The van der Waals surface area contributed by atoms with Gasteiger partial charge >= 0.3 is 0 Å². The molecule has 0 saturated carbocycles. The number of aromatic nitrogens is 1. The molecule has 0 saturated heterocycles. The highest BCUT2D eigenvalue weighted by Crippen LogP contribution is 2.31. The Morgan fingerprint density at radius 1 is 1.18 bits per heavy atom. The minimum atomic E-state index is -0.0413. The molecular weight excluding hydrogens is 272 g/mol. The number of anilines is 1. The quantitative estimate of drug-likeness (QED) is 0.924. The van der Waals surface area contributed by atoms with Gasteiger partial charge in [0.15, 0.2) is 0 Å². The van der Waals surface area contributed by atoms with Gasteiger partial charge in [0.25, 0.3) is 0 Å². The maximum Gasteiger partial charge on any atom is 0.228 e. The summed E-state index contributed by atoms with van der Waals surface area (Å²) >= 11 is 0. The number of nitrogens with one attached hydrogen (secondary N) is 1. The number of fused-ring (bicyclic) bond motifs is 1. The van der Waals surface area contributed by atoms with Crippen molar-refractivity contribution in [3.05, 3.63) is 47.2 Å². The Labute approximate surface area is 131 Å². The summed E-state index contributed by atoms with van der Waals surface area (Å²) in [5, 5.41) is 2.83. The van der Waals surface area contributed by atoms with Crippen LogP contribution in [0.25, 0.3) is 11.1 Å². The van der Waals surface area contributed by atoms with Crippen molar-refractivity contribution in [1.29, 1.82) is 0 Å². The average Bonchev–Trinajstić information content (AvgIpc) is 2.94. The summed E-state index contributed by atoms with van der Waals surface area (Å²) < 4.78 is 0. The molecule has 1 amide bonds. The Balaban J connectivity index is 1.86. The first-order valence-corrected chi connectivity index (χ1v) is 7.94. The van der Waals surface area contributed by atoms with E-state index in [1.54, 1.807) is 0 Å². The highest BCUT2D eigenvalue weighted by molar-refractivity contribution is 5.91. The summed E-state index contributed by atoms with van der Waals surface area (Å²) in [6, 6.07) is 8.53. The number of carbonyl (C=O) groups is 1. The van der Waals surface area contributed by atoms with Gasteiger partial charge in [-0.05, 0) is 60.6 Å². The van der Waals surface area contributed by atoms with Crippen molar-refractivity contribution in [2.75, 3.05) is 5.32 Å². The summed E-state index contributed by atoms with van der Waals surface area (Å²) in [7, 11) is 0. The van der Waals surface area contributed by atoms with E-state index in [-0.39, 0.29) is 11.8 Å². The monoisotopic (exact) mass is 294 g/mol. The molecule has 1 aliphatic carbocycles. The highest BCUT2D eigenvalue weighted by atomic mass is 16.1. The Bertz CT molecular complexity index is 702. The van der Waals surface area contributed by atoms with Crippen LogP contribution in [0, 0.1) is 12.8 Å². The van der Waals surface area contributed by atoms with E-state index in [2.05, 4.69) is 29.4 Å². The first-order valence-electron chi connectivity index (χ1n) is 7.94. The maximum atomic E-state index is 11.7. The fraction of sp³-hybridized carbons (Fsp3) is 0.368. The van der Waals surface area contributed by atoms with Crippen molar-refractivity contribution in [3.8, 4) is 11.1 Å². The average molecular weight is 294 g/mol. The van der Waals surface area contributed by atoms with Gasteiger partial charge in [0, 0.05) is 17.7 Å². The number of benzene rings is 1. The van der Waals surface area contributed by atoms with Crippen molar-refractivity contribution in [3.63, 3.8) is 0 Å². The van der Waals surface area contributed by atoms with Crippen molar-refractivity contribution in [2.24, 2.45) is 5.92 Å². The molecular formula is C19H22N2O. The zero-order chi connectivity index (χ0) is 15.7. The molecule has 3 rings (SSSR count). The molecule has 0 unspecified atom stereocenters. The highest BCUT2D eigenvalue weighted by Gasteiger charge is 2.14. The molecule has 0 fully saturated rings. The number of hydrogen-bond acceptors (Lipinski definition) is 2. The molecule has 1 aromatic heterocycles. The van der Waals surface area contributed by atoms with Gasteiger partial charge in [0.2, 0.25) is 5.91 Å². The molecule has 0 spiro atoms. The van der Waals surface area contributed by atoms with Crippen LogP contribution in [0.4, 0.5) is 5.82 Å². The maximum absolute atomic E-state index is 11.7. The van der Waals surface area contributed by atoms with E-state index in [0.29, 0.717) is 5.82 Å². The van der Waals surface area contributed by atoms with E-state index < -0.39 is 0 Å². The second kappa shape index (κ2) is 5.91. The zero-order valence-corrected chi connectivity index (χ0v) is 13.4. The van der Waals surface area contributed by atoms with Crippen LogP contribution < -0.4 is 5.32 Å². The van der Waals surface area contributed by atoms with E-state index in [9.17, 15) is 4.79 Å². The number of hydrogen-bond donors (Lipinski definition) is 1. The van der Waals surface area contributed by atoms with Crippen molar-refractivity contribution < 1.29 is 4.79 Å². The molecule has 2 aromatic rings. The summed E-state index contributed by atoms with van der Waals surface area (Å²) in [6.07, 6.45) is 5.49. The molecule has 22 heavy (non-hydrogen) atoms. The van der Waals surface area contributed by atoms with Gasteiger partial charge in [-0.2, -0.15) is 0 Å². The first kappa shape index (κ1) is 14.8. The zero-order valence-electron chi connectivity index (χ0n) is 13.4. The molecule has 1 aliphatic rings. The van der Waals surface area contributed by atoms with Crippen molar-refractivity contribution in [1.82, 2.24) is 4.98 Å². The van der Waals surface area contributed by atoms with Crippen LogP contribution in [0.5, 0.6) is 0 Å². The summed E-state index contributed by atoms with van der Waals surface area (Å²) in [5.74, 6) is 0.565. The molecule has 3 heteroatoms. The van der Waals surface area contributed by atoms with Crippen molar-refractivity contribution >= 4 is 11.7 Å². The van der Waals surface area contributed by atoms with E-state index in [0.717, 1.165) is 5.56 Å². The normalized spacial score (nSPS) is 13.3. The van der Waals surface area contributed by atoms with Crippen LogP contribution in [0.15, 0.2) is 30.5 Å². The minimum absolute atomic E-state index is 0.00559. The van der Waals surface area contributed by atoms with Crippen LogP contribution >= 0.6 is 0 Å². The summed E-state index contributed by atoms with van der Waals surface area (Å²) in [5.41, 5.74) is 6.61. The number of carbonyl (C=O) groups excluding carboxylic acids is 1. The lowest BCUT2D eigenvalue weighted by atomic mass is 9.96. The molecule has 3 nitrogen and oxygen atoms in total. The van der Waals surface area contributed by atoms with Crippen LogP contribution in [-0.2, 0) is 17.6 Å². The summed E-state index contributed by atoms with van der Waals surface area (Å²) in [6.45, 7) is 5.90. The Hall–Kier alpha value is -2.16. The van der Waals surface area contributed by atoms with Crippen LogP contribution in [0.3, 0.4) is 0 Å². The lowest BCUT2D eigenvalue weighted by molar-refractivity contribution is -0.118. The largest absolute Gasteiger partial charge is 0.310 e. The third kappa shape index (κ3) is 2.89. The first-order chi connectivity index (χ1) is 10.5. The molecule has 114 valence electrons. The molecule has 0 aliphatic heterocycles. The van der Waals surface area contributed by atoms with E-state index in [1.807, 2.05) is 32.2 Å². The van der Waals surface area contributed by atoms with E-state index in [1.165, 1.54) is 41.5 Å². The standard InChI is InChI=1S/C19H22N2O/c1-12(2)19(22)21-18-8-7-16(11-20-18)17-10-15-6-4-5-14(15)9-13(17)3/h7-12H,4-6H2,1-3H3,(H,20,21,22). The van der Waals surface area contributed by atoms with E-state index in [4.69, 9.17) is 0 Å². The minimum Gasteiger partial charge on any atom is -0.310 e. The summed E-state index contributed by atoms with van der Waals surface area (Å²) in [4.78, 5) is 16.1. The topological polar surface area (TPSA) is 42.0 Å². The molecule has 0 atom stereocenters. The fourth-order valence-corrected chi connectivity index (χ4v) is 2.96. The van der Waals surface area contributed by atoms with E-state index >= 15 is 0 Å². The predicted octanol–water partition coefficient (Wildman–Crippen LogP) is 4.14. The Morgan fingerprint density at radius 2 is 1.91 bits per heavy atom. The third-order valence-electron chi connectivity index (χ3n) is 4.29. The van der Waals surface area contributed by atoms with Crippen LogP contribution in [0.1, 0.15) is 37.0 Å². The molecule has 1 aromatic carbocycles. The number of rotatable bonds is 3. The van der Waals surface area contributed by atoms with Gasteiger partial charge in [-0.15, -0.1) is 0 Å². The molecule has 1 heterocycles. The third-order valence-corrected chi connectivity index (χ3v) is 4.29. The number of amides is 1. The Morgan fingerprint density at radius 3 is 2.55 bits per heavy atom. The second-order valence-electron chi connectivity index (χ2n) is 6.37. The number of nitrogens with zero attached hydrogens (tertiary/aromatic N) is 1. The number of aryl methyl sites for hydroxylation is 3. The number of pyridine rings is 1. The van der Waals surface area contributed by atoms with Gasteiger partial charge in [0.05, 0.1) is 0 Å². The predicted molar refractivity (Wildman–Crippen MR) is 89.9 cm³/mol. The SMILES string of the molecule is Cc1cc2c(cc1-c1ccc(NC(=O)C(C)C)nc1)CCC2. The van der Waals surface area contributed by atoms with Gasteiger partial charge in [-0.1, -0.05) is 26.0 Å². The van der Waals surface area contributed by atoms with Gasteiger partial charge in [-0.25, -0.2) is 4.98 Å². The van der Waals surface area contributed by atoms with Gasteiger partial charge in [0.1, 0.15) is 5.82 Å². The molecule has 0 bridgehead atoms. The Kier molecular flexibility index (Phi) is 3.97. The van der Waals surface area contributed by atoms with Gasteiger partial charge < -0.3 is 5.32 Å². The smallest absolute Gasteiger partial charge is 0.228 e. The lowest BCUT2D eigenvalue weighted by Crippen LogP contribution is -2.18. The van der Waals surface area contributed by atoms with Crippen LogP contribution in [0.2, 0.25) is 0 Å². The van der Waals surface area contributed by atoms with Crippen molar-refractivity contribution in [2.45, 2.75) is 40.0 Å². The molecule has 0 radical (unpaired) electrons. The van der Waals surface area contributed by atoms with Crippen LogP contribution in [-0.4, -0.2) is 10.9 Å². The molecule has 1 N–H and O–H groups in total. The van der Waals surface area contributed by atoms with Gasteiger partial charge in [-0.3, -0.25) is 4.79 Å². The second-order valence-corrected chi connectivity index (χ2v) is 6.37.